The van der Waals surface area contributed by atoms with E-state index in [9.17, 15) is 9.59 Å². The fraction of sp³-hybridized carbons (Fsp3) is 0.0417. The van der Waals surface area contributed by atoms with Crippen molar-refractivity contribution >= 4 is 51.6 Å². The first-order chi connectivity index (χ1) is 16.6. The average molecular weight is 490 g/mol. The van der Waals surface area contributed by atoms with E-state index >= 15 is 0 Å². The zero-order valence-electron chi connectivity index (χ0n) is 17.5. The molecule has 0 saturated heterocycles. The third kappa shape index (κ3) is 4.57. The minimum Gasteiger partial charge on any atom is -0.409 e. The summed E-state index contributed by atoms with van der Waals surface area (Å²) in [6.45, 7) is 0. The maximum atomic E-state index is 12.9. The summed E-state index contributed by atoms with van der Waals surface area (Å²) in [7, 11) is 0. The van der Waals surface area contributed by atoms with Crippen molar-refractivity contribution in [3.63, 3.8) is 0 Å². The summed E-state index contributed by atoms with van der Waals surface area (Å²) < 4.78 is 5.68. The van der Waals surface area contributed by atoms with Crippen molar-refractivity contribution in [2.45, 2.75) is 5.22 Å². The largest absolute Gasteiger partial charge is 0.409 e. The molecule has 3 aromatic carbocycles. The fourth-order valence-electron chi connectivity index (χ4n) is 3.36. The van der Waals surface area contributed by atoms with Gasteiger partial charge in [-0.15, -0.1) is 10.2 Å². The molecular weight excluding hydrogens is 474 g/mol. The SMILES string of the molecule is O=C(CSc1nnc(-c2n[nH]c3ccccc23)o1)Nc1ccc(Cl)cc1C(=O)c1ccccc1. The van der Waals surface area contributed by atoms with Crippen LogP contribution < -0.4 is 5.32 Å². The summed E-state index contributed by atoms with van der Waals surface area (Å²) >= 11 is 7.19. The minimum absolute atomic E-state index is 0.00450. The molecule has 2 N–H and O–H groups in total. The lowest BCUT2D eigenvalue weighted by Gasteiger charge is -2.11. The molecule has 0 atom stereocenters. The third-order valence-corrected chi connectivity index (χ3v) is 6.00. The molecule has 34 heavy (non-hydrogen) atoms. The molecule has 0 aliphatic rings. The van der Waals surface area contributed by atoms with Gasteiger partial charge in [0.2, 0.25) is 5.91 Å². The Morgan fingerprint density at radius 1 is 1.00 bits per heavy atom. The number of aromatic amines is 1. The predicted molar refractivity (Wildman–Crippen MR) is 130 cm³/mol. The fourth-order valence-corrected chi connectivity index (χ4v) is 4.10. The number of benzene rings is 3. The highest BCUT2D eigenvalue weighted by Gasteiger charge is 2.18. The van der Waals surface area contributed by atoms with Gasteiger partial charge in [0.05, 0.1) is 17.0 Å². The highest BCUT2D eigenvalue weighted by molar-refractivity contribution is 7.99. The first-order valence-electron chi connectivity index (χ1n) is 10.2. The summed E-state index contributed by atoms with van der Waals surface area (Å²) in [6.07, 6.45) is 0. The number of carbonyl (C=O) groups is 2. The molecule has 0 aliphatic carbocycles. The van der Waals surface area contributed by atoms with E-state index in [1.54, 1.807) is 36.4 Å². The quantitative estimate of drug-likeness (QED) is 0.238. The number of fused-ring (bicyclic) bond motifs is 1. The molecule has 0 fully saturated rings. The molecule has 0 bridgehead atoms. The van der Waals surface area contributed by atoms with Gasteiger partial charge in [-0.05, 0) is 24.3 Å². The van der Waals surface area contributed by atoms with Crippen molar-refractivity contribution in [3.8, 4) is 11.6 Å². The van der Waals surface area contributed by atoms with Crippen LogP contribution in [0.25, 0.3) is 22.5 Å². The van der Waals surface area contributed by atoms with Crippen molar-refractivity contribution in [1.29, 1.82) is 0 Å². The van der Waals surface area contributed by atoms with E-state index in [2.05, 4.69) is 25.7 Å². The first kappa shape index (κ1) is 21.9. The Kier molecular flexibility index (Phi) is 6.11. The Morgan fingerprint density at radius 3 is 2.65 bits per heavy atom. The summed E-state index contributed by atoms with van der Waals surface area (Å²) in [4.78, 5) is 25.5. The molecule has 5 aromatic rings. The number of halogens is 1. The van der Waals surface area contributed by atoms with E-state index in [4.69, 9.17) is 16.0 Å². The molecule has 1 amide bonds. The number of anilines is 1. The van der Waals surface area contributed by atoms with Crippen molar-refractivity contribution in [1.82, 2.24) is 20.4 Å². The zero-order chi connectivity index (χ0) is 23.5. The zero-order valence-corrected chi connectivity index (χ0v) is 19.1. The Balaban J connectivity index is 1.27. The van der Waals surface area contributed by atoms with E-state index in [1.807, 2.05) is 30.3 Å². The standard InChI is InChI=1S/C24H16ClN5O3S/c25-15-10-11-18(17(12-15)22(32)14-6-2-1-3-7-14)26-20(31)13-34-24-30-29-23(33-24)21-16-8-4-5-9-19(16)27-28-21/h1-12H,13H2,(H,26,31)(H,27,28). The molecular formula is C24H16ClN5O3S. The minimum atomic E-state index is -0.334. The normalized spacial score (nSPS) is 11.0. The van der Waals surface area contributed by atoms with Crippen molar-refractivity contribution < 1.29 is 14.0 Å². The van der Waals surface area contributed by atoms with Crippen molar-refractivity contribution in [2.75, 3.05) is 11.1 Å². The number of ketones is 1. The first-order valence-corrected chi connectivity index (χ1v) is 11.5. The number of H-pyrrole nitrogens is 1. The number of nitrogens with zero attached hydrogens (tertiary/aromatic N) is 3. The Labute approximate surface area is 202 Å². The van der Waals surface area contributed by atoms with Crippen LogP contribution in [0.15, 0.2) is 82.4 Å². The molecule has 10 heteroatoms. The monoisotopic (exact) mass is 489 g/mol. The van der Waals surface area contributed by atoms with Gasteiger partial charge in [-0.1, -0.05) is 71.9 Å². The Hall–Kier alpha value is -3.95. The maximum Gasteiger partial charge on any atom is 0.277 e. The van der Waals surface area contributed by atoms with Gasteiger partial charge in [-0.3, -0.25) is 14.7 Å². The highest BCUT2D eigenvalue weighted by atomic mass is 35.5. The summed E-state index contributed by atoms with van der Waals surface area (Å²) in [5, 5.41) is 19.5. The van der Waals surface area contributed by atoms with Crippen LogP contribution in [-0.2, 0) is 4.79 Å². The number of amides is 1. The van der Waals surface area contributed by atoms with E-state index in [1.165, 1.54) is 6.07 Å². The molecule has 5 rings (SSSR count). The maximum absolute atomic E-state index is 12.9. The topological polar surface area (TPSA) is 114 Å². The lowest BCUT2D eigenvalue weighted by Crippen LogP contribution is -2.17. The molecule has 0 spiro atoms. The number of hydrogen-bond acceptors (Lipinski definition) is 7. The van der Waals surface area contributed by atoms with E-state index in [0.717, 1.165) is 22.7 Å². The van der Waals surface area contributed by atoms with Gasteiger partial charge in [-0.2, -0.15) is 5.10 Å². The second kappa shape index (κ2) is 9.50. The van der Waals surface area contributed by atoms with Crippen molar-refractivity contribution in [2.24, 2.45) is 0 Å². The van der Waals surface area contributed by atoms with Crippen LogP contribution in [-0.4, -0.2) is 37.8 Å². The average Bonchev–Trinajstić information content (AvgIpc) is 3.51. The molecule has 0 unspecified atom stereocenters. The van der Waals surface area contributed by atoms with Gasteiger partial charge in [0.1, 0.15) is 0 Å². The van der Waals surface area contributed by atoms with Crippen molar-refractivity contribution in [3.05, 3.63) is 88.9 Å². The van der Waals surface area contributed by atoms with Gasteiger partial charge in [0, 0.05) is 21.5 Å². The number of carbonyl (C=O) groups excluding carboxylic acids is 2. The third-order valence-electron chi connectivity index (χ3n) is 4.94. The van der Waals surface area contributed by atoms with Gasteiger partial charge < -0.3 is 9.73 Å². The van der Waals surface area contributed by atoms with Crippen LogP contribution in [0.3, 0.4) is 0 Å². The van der Waals surface area contributed by atoms with Crippen LogP contribution in [0.4, 0.5) is 5.69 Å². The molecule has 0 radical (unpaired) electrons. The van der Waals surface area contributed by atoms with Crippen LogP contribution in [0.5, 0.6) is 0 Å². The van der Waals surface area contributed by atoms with Crippen LogP contribution in [0, 0.1) is 0 Å². The Morgan fingerprint density at radius 2 is 1.79 bits per heavy atom. The number of nitrogens with one attached hydrogen (secondary N) is 2. The van der Waals surface area contributed by atoms with Crippen LogP contribution >= 0.6 is 23.4 Å². The second-order valence-corrected chi connectivity index (χ2v) is 8.58. The summed E-state index contributed by atoms with van der Waals surface area (Å²) in [5.74, 6) is -0.308. The van der Waals surface area contributed by atoms with E-state index in [-0.39, 0.29) is 28.6 Å². The lowest BCUT2D eigenvalue weighted by molar-refractivity contribution is -0.113. The second-order valence-electron chi connectivity index (χ2n) is 7.21. The summed E-state index contributed by atoms with van der Waals surface area (Å²) in [5.41, 5.74) is 2.58. The van der Waals surface area contributed by atoms with Gasteiger partial charge >= 0.3 is 0 Å². The predicted octanol–water partition coefficient (Wildman–Crippen LogP) is 5.23. The van der Waals surface area contributed by atoms with Crippen LogP contribution in [0.1, 0.15) is 15.9 Å². The number of thioether (sulfide) groups is 1. The van der Waals surface area contributed by atoms with E-state index < -0.39 is 0 Å². The van der Waals surface area contributed by atoms with Gasteiger partial charge in [0.25, 0.3) is 11.1 Å². The smallest absolute Gasteiger partial charge is 0.277 e. The van der Waals surface area contributed by atoms with E-state index in [0.29, 0.717) is 27.5 Å². The number of aromatic nitrogens is 4. The molecule has 168 valence electrons. The highest BCUT2D eigenvalue weighted by Crippen LogP contribution is 2.28. The summed E-state index contributed by atoms with van der Waals surface area (Å²) in [6, 6.07) is 21.1. The van der Waals surface area contributed by atoms with Crippen LogP contribution in [0.2, 0.25) is 5.02 Å². The molecule has 2 aromatic heterocycles. The lowest BCUT2D eigenvalue weighted by atomic mass is 10.0. The number of para-hydroxylation sites is 1. The molecule has 2 heterocycles. The molecule has 0 aliphatic heterocycles. The molecule has 0 saturated carbocycles. The number of rotatable bonds is 7. The molecule has 8 nitrogen and oxygen atoms in total. The van der Waals surface area contributed by atoms with Gasteiger partial charge in [0.15, 0.2) is 11.5 Å². The van der Waals surface area contributed by atoms with Gasteiger partial charge in [-0.25, -0.2) is 0 Å². The number of hydrogen-bond donors (Lipinski definition) is 2. The Bertz CT molecular complexity index is 1500.